The molecule has 0 spiro atoms. The van der Waals surface area contributed by atoms with Crippen molar-refractivity contribution < 1.29 is 4.79 Å². The van der Waals surface area contributed by atoms with Crippen LogP contribution in [-0.4, -0.2) is 41.0 Å². The monoisotopic (exact) mass is 351 g/mol. The van der Waals surface area contributed by atoms with Crippen LogP contribution >= 0.6 is 0 Å². The molecule has 6 heteroatoms. The van der Waals surface area contributed by atoms with Crippen LogP contribution in [0, 0.1) is 0 Å². The zero-order chi connectivity index (χ0) is 17.8. The second-order valence-electron chi connectivity index (χ2n) is 7.21. The van der Waals surface area contributed by atoms with Crippen molar-refractivity contribution in [2.45, 2.75) is 44.2 Å². The number of anilines is 2. The number of hydrogen-bond donors (Lipinski definition) is 2. The number of pyridine rings is 2. The predicted octanol–water partition coefficient (Wildman–Crippen LogP) is 2.38. The molecule has 2 atom stereocenters. The number of fused-ring (bicyclic) bond motifs is 2. The molecule has 26 heavy (non-hydrogen) atoms. The Balaban J connectivity index is 1.36. The van der Waals surface area contributed by atoms with Gasteiger partial charge < -0.3 is 15.5 Å². The van der Waals surface area contributed by atoms with Gasteiger partial charge in [0.15, 0.2) is 0 Å². The van der Waals surface area contributed by atoms with Crippen molar-refractivity contribution in [1.82, 2.24) is 15.3 Å². The molecule has 2 aromatic rings. The summed E-state index contributed by atoms with van der Waals surface area (Å²) in [4.78, 5) is 23.0. The van der Waals surface area contributed by atoms with Gasteiger partial charge in [-0.15, -0.1) is 0 Å². The highest BCUT2D eigenvalue weighted by molar-refractivity contribution is 5.91. The van der Waals surface area contributed by atoms with Crippen LogP contribution in [0.15, 0.2) is 42.9 Å². The molecule has 1 amide bonds. The molecule has 6 nitrogen and oxygen atoms in total. The largest absolute Gasteiger partial charge is 0.369 e. The minimum atomic E-state index is -0.0655. The van der Waals surface area contributed by atoms with Crippen molar-refractivity contribution in [3.63, 3.8) is 0 Å². The fourth-order valence-electron chi connectivity index (χ4n) is 3.91. The molecular weight excluding hydrogens is 326 g/mol. The zero-order valence-corrected chi connectivity index (χ0v) is 14.9. The first kappa shape index (κ1) is 17.0. The van der Waals surface area contributed by atoms with E-state index >= 15 is 0 Å². The standard InChI is InChI=1S/C20H25N5O/c26-20(12-15-6-9-21-10-7-15)24-19-5-4-18(13-22-19)25-11-8-16-2-1-3-17(14-25)23-16/h4-7,9-10,13,16-17,23H,1-3,8,11-12,14H2,(H,22,24,26). The van der Waals surface area contributed by atoms with Gasteiger partial charge in [-0.3, -0.25) is 9.78 Å². The van der Waals surface area contributed by atoms with Crippen LogP contribution in [0.1, 0.15) is 31.2 Å². The van der Waals surface area contributed by atoms with Gasteiger partial charge in [0.2, 0.25) is 5.91 Å². The molecule has 0 radical (unpaired) electrons. The van der Waals surface area contributed by atoms with E-state index in [1.807, 2.05) is 24.4 Å². The maximum Gasteiger partial charge on any atom is 0.229 e. The van der Waals surface area contributed by atoms with Crippen LogP contribution in [0.5, 0.6) is 0 Å². The molecule has 2 fully saturated rings. The summed E-state index contributed by atoms with van der Waals surface area (Å²) >= 11 is 0. The number of nitrogens with zero attached hydrogens (tertiary/aromatic N) is 3. The number of carbonyl (C=O) groups excluding carboxylic acids is 1. The third kappa shape index (κ3) is 4.19. The van der Waals surface area contributed by atoms with E-state index in [0.29, 0.717) is 24.3 Å². The van der Waals surface area contributed by atoms with Gasteiger partial charge in [-0.2, -0.15) is 0 Å². The first-order chi connectivity index (χ1) is 12.8. The predicted molar refractivity (Wildman–Crippen MR) is 102 cm³/mol. The van der Waals surface area contributed by atoms with Gasteiger partial charge in [0.1, 0.15) is 5.82 Å². The lowest BCUT2D eigenvalue weighted by Gasteiger charge is -2.29. The smallest absolute Gasteiger partial charge is 0.229 e. The van der Waals surface area contributed by atoms with E-state index in [1.165, 1.54) is 25.7 Å². The van der Waals surface area contributed by atoms with Crippen molar-refractivity contribution in [1.29, 1.82) is 0 Å². The highest BCUT2D eigenvalue weighted by atomic mass is 16.1. The van der Waals surface area contributed by atoms with Gasteiger partial charge in [0, 0.05) is 37.6 Å². The van der Waals surface area contributed by atoms with Crippen molar-refractivity contribution in [2.75, 3.05) is 23.3 Å². The van der Waals surface area contributed by atoms with Crippen LogP contribution in [0.3, 0.4) is 0 Å². The highest BCUT2D eigenvalue weighted by Gasteiger charge is 2.27. The van der Waals surface area contributed by atoms with Crippen LogP contribution in [0.25, 0.3) is 0 Å². The Morgan fingerprint density at radius 1 is 1.15 bits per heavy atom. The Morgan fingerprint density at radius 3 is 2.81 bits per heavy atom. The number of aromatic nitrogens is 2. The summed E-state index contributed by atoms with van der Waals surface area (Å²) in [5.41, 5.74) is 2.07. The van der Waals surface area contributed by atoms with E-state index in [-0.39, 0.29) is 5.91 Å². The lowest BCUT2D eigenvalue weighted by atomic mass is 9.98. The molecule has 2 aliphatic rings. The summed E-state index contributed by atoms with van der Waals surface area (Å²) in [6, 6.07) is 8.89. The number of rotatable bonds is 4. The molecule has 136 valence electrons. The summed E-state index contributed by atoms with van der Waals surface area (Å²) in [5, 5.41) is 6.62. The molecule has 0 saturated carbocycles. The lowest BCUT2D eigenvalue weighted by Crippen LogP contribution is -2.44. The van der Waals surface area contributed by atoms with E-state index < -0.39 is 0 Å². The SMILES string of the molecule is O=C(Cc1ccncc1)Nc1ccc(N2CCC3CCCC(C2)N3)cn1. The highest BCUT2D eigenvalue weighted by Crippen LogP contribution is 2.24. The Morgan fingerprint density at radius 2 is 2.00 bits per heavy atom. The zero-order valence-electron chi connectivity index (χ0n) is 14.9. The lowest BCUT2D eigenvalue weighted by molar-refractivity contribution is -0.115. The summed E-state index contributed by atoms with van der Waals surface area (Å²) < 4.78 is 0. The Hall–Kier alpha value is -2.47. The van der Waals surface area contributed by atoms with E-state index in [1.54, 1.807) is 12.4 Å². The summed E-state index contributed by atoms with van der Waals surface area (Å²) in [6.45, 7) is 2.09. The summed E-state index contributed by atoms with van der Waals surface area (Å²) in [7, 11) is 0. The van der Waals surface area contributed by atoms with Gasteiger partial charge in [0.05, 0.1) is 18.3 Å². The molecular formula is C20H25N5O. The number of nitrogens with one attached hydrogen (secondary N) is 2. The minimum Gasteiger partial charge on any atom is -0.369 e. The number of hydrogen-bond acceptors (Lipinski definition) is 5. The fourth-order valence-corrected chi connectivity index (χ4v) is 3.91. The Bertz CT molecular complexity index is 734. The van der Waals surface area contributed by atoms with E-state index in [0.717, 1.165) is 24.3 Å². The maximum atomic E-state index is 12.1. The number of piperidine rings is 1. The minimum absolute atomic E-state index is 0.0655. The van der Waals surface area contributed by atoms with Gasteiger partial charge in [-0.25, -0.2) is 4.98 Å². The first-order valence-corrected chi connectivity index (χ1v) is 9.42. The van der Waals surface area contributed by atoms with Crippen LogP contribution < -0.4 is 15.5 Å². The average molecular weight is 351 g/mol. The third-order valence-electron chi connectivity index (χ3n) is 5.26. The Kier molecular flexibility index (Phi) is 5.11. The second kappa shape index (κ2) is 7.83. The topological polar surface area (TPSA) is 70.2 Å². The summed E-state index contributed by atoms with van der Waals surface area (Å²) in [5.74, 6) is 0.531. The Labute approximate surface area is 154 Å². The van der Waals surface area contributed by atoms with Crippen LogP contribution in [-0.2, 0) is 11.2 Å². The van der Waals surface area contributed by atoms with Gasteiger partial charge in [-0.1, -0.05) is 6.42 Å². The van der Waals surface area contributed by atoms with Crippen LogP contribution in [0.2, 0.25) is 0 Å². The van der Waals surface area contributed by atoms with Crippen molar-refractivity contribution >= 4 is 17.4 Å². The molecule has 4 rings (SSSR count). The van der Waals surface area contributed by atoms with Gasteiger partial charge in [-0.05, 0) is 49.1 Å². The van der Waals surface area contributed by atoms with Crippen molar-refractivity contribution in [3.05, 3.63) is 48.4 Å². The molecule has 2 aromatic heterocycles. The van der Waals surface area contributed by atoms with Crippen molar-refractivity contribution in [3.8, 4) is 0 Å². The second-order valence-corrected chi connectivity index (χ2v) is 7.21. The van der Waals surface area contributed by atoms with Crippen molar-refractivity contribution in [2.24, 2.45) is 0 Å². The quantitative estimate of drug-likeness (QED) is 0.885. The maximum absolute atomic E-state index is 12.1. The number of carbonyl (C=O) groups is 1. The molecule has 0 aliphatic carbocycles. The average Bonchev–Trinajstić information content (AvgIpc) is 2.81. The van der Waals surface area contributed by atoms with Gasteiger partial charge >= 0.3 is 0 Å². The third-order valence-corrected chi connectivity index (χ3v) is 5.26. The first-order valence-electron chi connectivity index (χ1n) is 9.42. The van der Waals surface area contributed by atoms with Crippen LogP contribution in [0.4, 0.5) is 11.5 Å². The van der Waals surface area contributed by atoms with E-state index in [9.17, 15) is 4.79 Å². The van der Waals surface area contributed by atoms with Gasteiger partial charge in [0.25, 0.3) is 0 Å². The molecule has 0 aromatic carbocycles. The van der Waals surface area contributed by atoms with E-state index in [4.69, 9.17) is 0 Å². The normalized spacial score (nSPS) is 22.5. The molecule has 2 N–H and O–H groups in total. The molecule has 2 unspecified atom stereocenters. The molecule has 2 saturated heterocycles. The number of amides is 1. The molecule has 4 heterocycles. The van der Waals surface area contributed by atoms with E-state index in [2.05, 4.69) is 31.6 Å². The molecule has 2 aliphatic heterocycles. The molecule has 2 bridgehead atoms. The fraction of sp³-hybridized carbons (Fsp3) is 0.450. The summed E-state index contributed by atoms with van der Waals surface area (Å²) in [6.07, 6.45) is 10.7.